The van der Waals surface area contributed by atoms with Gasteiger partial charge in [-0.15, -0.1) is 16.4 Å². The predicted octanol–water partition coefficient (Wildman–Crippen LogP) is 0.967. The van der Waals surface area contributed by atoms with Crippen molar-refractivity contribution in [2.45, 2.75) is 20.4 Å². The Labute approximate surface area is 130 Å². The van der Waals surface area contributed by atoms with Gasteiger partial charge in [0.05, 0.1) is 11.9 Å². The van der Waals surface area contributed by atoms with Crippen LogP contribution in [0, 0.1) is 13.8 Å². The lowest BCUT2D eigenvalue weighted by Gasteiger charge is -2.07. The second-order valence-electron chi connectivity index (χ2n) is 4.77. The third kappa shape index (κ3) is 2.75. The molecule has 0 spiro atoms. The van der Waals surface area contributed by atoms with Gasteiger partial charge >= 0.3 is 0 Å². The van der Waals surface area contributed by atoms with Crippen LogP contribution in [-0.2, 0) is 6.54 Å². The molecular weight excluding hydrogens is 302 g/mol. The van der Waals surface area contributed by atoms with Crippen molar-refractivity contribution in [1.29, 1.82) is 0 Å². The molecule has 114 valence electrons. The average molecular weight is 317 g/mol. The number of amides is 1. The molecule has 0 saturated carbocycles. The van der Waals surface area contributed by atoms with Crippen molar-refractivity contribution >= 4 is 17.2 Å². The molecule has 0 aliphatic carbocycles. The smallest absolute Gasteiger partial charge is 0.254 e. The molecule has 0 radical (unpaired) electrons. The molecule has 0 saturated heterocycles. The van der Waals surface area contributed by atoms with E-state index in [4.69, 9.17) is 0 Å². The summed E-state index contributed by atoms with van der Waals surface area (Å²) in [4.78, 5) is 17.6. The minimum Gasteiger partial charge on any atom is -0.350 e. The Balaban J connectivity index is 1.77. The van der Waals surface area contributed by atoms with Crippen LogP contribution >= 0.6 is 11.3 Å². The van der Waals surface area contributed by atoms with Crippen LogP contribution < -0.4 is 5.32 Å². The van der Waals surface area contributed by atoms with Gasteiger partial charge in [-0.2, -0.15) is 4.68 Å². The Kier molecular flexibility index (Phi) is 3.96. The Hall–Kier alpha value is -2.55. The van der Waals surface area contributed by atoms with E-state index in [2.05, 4.69) is 25.8 Å². The van der Waals surface area contributed by atoms with E-state index in [1.807, 2.05) is 24.6 Å². The summed E-state index contributed by atoms with van der Waals surface area (Å²) in [7, 11) is 0. The van der Waals surface area contributed by atoms with Crippen LogP contribution in [0.15, 0.2) is 25.0 Å². The minimum atomic E-state index is -0.118. The number of carbonyl (C=O) groups is 1. The highest BCUT2D eigenvalue weighted by Crippen LogP contribution is 2.29. The zero-order valence-electron chi connectivity index (χ0n) is 12.2. The van der Waals surface area contributed by atoms with Gasteiger partial charge in [-0.1, -0.05) is 0 Å². The Morgan fingerprint density at radius 1 is 1.36 bits per heavy atom. The monoisotopic (exact) mass is 317 g/mol. The number of hydrogen-bond acceptors (Lipinski definition) is 6. The molecule has 0 aliphatic rings. The first kappa shape index (κ1) is 14.4. The molecule has 3 rings (SSSR count). The molecule has 0 fully saturated rings. The highest BCUT2D eigenvalue weighted by molar-refractivity contribution is 7.15. The van der Waals surface area contributed by atoms with Crippen molar-refractivity contribution in [3.63, 3.8) is 0 Å². The van der Waals surface area contributed by atoms with E-state index in [1.54, 1.807) is 12.5 Å². The Morgan fingerprint density at radius 3 is 2.91 bits per heavy atom. The largest absolute Gasteiger partial charge is 0.350 e. The molecule has 1 amide bonds. The van der Waals surface area contributed by atoms with Gasteiger partial charge in [-0.25, -0.2) is 4.98 Å². The van der Waals surface area contributed by atoms with Gasteiger partial charge in [0.2, 0.25) is 0 Å². The number of nitrogens with zero attached hydrogens (tertiary/aromatic N) is 6. The van der Waals surface area contributed by atoms with Crippen molar-refractivity contribution in [3.05, 3.63) is 41.1 Å². The second kappa shape index (κ2) is 6.06. The lowest BCUT2D eigenvalue weighted by Crippen LogP contribution is -2.28. The number of tetrazole rings is 1. The van der Waals surface area contributed by atoms with E-state index >= 15 is 0 Å². The van der Waals surface area contributed by atoms with Crippen LogP contribution in [0.1, 0.15) is 20.8 Å². The van der Waals surface area contributed by atoms with Crippen LogP contribution in [0.2, 0.25) is 0 Å². The van der Waals surface area contributed by atoms with E-state index < -0.39 is 0 Å². The normalized spacial score (nSPS) is 10.8. The fraction of sp³-hybridized carbons (Fsp3) is 0.308. The molecule has 8 nitrogen and oxygen atoms in total. The lowest BCUT2D eigenvalue weighted by atomic mass is 10.1. The Morgan fingerprint density at radius 2 is 2.23 bits per heavy atom. The standard InChI is InChI=1S/C13H15N7OS/c1-9-10(2)22-13(20-8-16-17-18-20)11(9)12(21)15-4-6-19-5-3-14-7-19/h3,5,7-8H,4,6H2,1-2H3,(H,15,21). The summed E-state index contributed by atoms with van der Waals surface area (Å²) in [6, 6.07) is 0. The number of hydrogen-bond donors (Lipinski definition) is 1. The van der Waals surface area contributed by atoms with Crippen molar-refractivity contribution in [2.75, 3.05) is 6.54 Å². The third-order valence-corrected chi connectivity index (χ3v) is 4.56. The van der Waals surface area contributed by atoms with Crippen LogP contribution in [0.4, 0.5) is 0 Å². The van der Waals surface area contributed by atoms with Crippen molar-refractivity contribution in [2.24, 2.45) is 0 Å². The lowest BCUT2D eigenvalue weighted by molar-refractivity contribution is 0.0952. The molecule has 0 atom stereocenters. The first-order valence-corrected chi connectivity index (χ1v) is 7.55. The zero-order chi connectivity index (χ0) is 15.5. The van der Waals surface area contributed by atoms with Crippen LogP contribution in [0.3, 0.4) is 0 Å². The topological polar surface area (TPSA) is 90.5 Å². The van der Waals surface area contributed by atoms with Gasteiger partial charge in [-0.05, 0) is 29.8 Å². The van der Waals surface area contributed by atoms with Gasteiger partial charge in [-0.3, -0.25) is 4.79 Å². The first-order valence-electron chi connectivity index (χ1n) is 6.74. The minimum absolute atomic E-state index is 0.118. The highest BCUT2D eigenvalue weighted by atomic mass is 32.1. The number of rotatable bonds is 5. The van der Waals surface area contributed by atoms with Crippen molar-refractivity contribution in [3.8, 4) is 5.00 Å². The fourth-order valence-electron chi connectivity index (χ4n) is 2.10. The zero-order valence-corrected chi connectivity index (χ0v) is 13.0. The molecule has 22 heavy (non-hydrogen) atoms. The molecular formula is C13H15N7OS. The molecule has 1 N–H and O–H groups in total. The molecule has 0 unspecified atom stereocenters. The van der Waals surface area contributed by atoms with Gasteiger partial charge in [0.1, 0.15) is 11.3 Å². The van der Waals surface area contributed by atoms with Crippen molar-refractivity contribution in [1.82, 2.24) is 35.1 Å². The summed E-state index contributed by atoms with van der Waals surface area (Å²) in [5, 5.41) is 14.8. The van der Waals surface area contributed by atoms with Crippen LogP contribution in [0.5, 0.6) is 0 Å². The molecule has 3 aromatic heterocycles. The number of carbonyl (C=O) groups excluding carboxylic acids is 1. The second-order valence-corrected chi connectivity index (χ2v) is 5.98. The van der Waals surface area contributed by atoms with E-state index in [-0.39, 0.29) is 5.91 Å². The molecule has 9 heteroatoms. The van der Waals surface area contributed by atoms with Crippen LogP contribution in [0.25, 0.3) is 5.00 Å². The summed E-state index contributed by atoms with van der Waals surface area (Å²) in [6.07, 6.45) is 6.79. The summed E-state index contributed by atoms with van der Waals surface area (Å²) < 4.78 is 3.43. The van der Waals surface area contributed by atoms with Crippen LogP contribution in [-0.4, -0.2) is 42.2 Å². The predicted molar refractivity (Wildman–Crippen MR) is 81.1 cm³/mol. The highest BCUT2D eigenvalue weighted by Gasteiger charge is 2.21. The van der Waals surface area contributed by atoms with Gasteiger partial charge in [0.25, 0.3) is 5.91 Å². The van der Waals surface area contributed by atoms with E-state index in [0.717, 1.165) is 15.4 Å². The summed E-state index contributed by atoms with van der Waals surface area (Å²) >= 11 is 1.50. The number of thiophene rings is 1. The molecule has 0 aromatic carbocycles. The number of aryl methyl sites for hydroxylation is 1. The first-order chi connectivity index (χ1) is 10.7. The summed E-state index contributed by atoms with van der Waals surface area (Å²) in [5.74, 6) is -0.118. The van der Waals surface area contributed by atoms with E-state index in [1.165, 1.54) is 22.3 Å². The molecule has 0 aliphatic heterocycles. The average Bonchev–Trinajstić information content (AvgIpc) is 3.22. The maximum atomic E-state index is 12.5. The van der Waals surface area contributed by atoms with Gasteiger partial charge in [0, 0.05) is 30.4 Å². The maximum Gasteiger partial charge on any atom is 0.254 e. The number of nitrogens with one attached hydrogen (secondary N) is 1. The SMILES string of the molecule is Cc1sc(-n2cnnn2)c(C(=O)NCCn2ccnc2)c1C. The van der Waals surface area contributed by atoms with Gasteiger partial charge in [0.15, 0.2) is 0 Å². The third-order valence-electron chi connectivity index (χ3n) is 3.37. The van der Waals surface area contributed by atoms with E-state index in [0.29, 0.717) is 18.7 Å². The Bertz CT molecular complexity index is 761. The number of imidazole rings is 1. The number of aromatic nitrogens is 6. The molecule has 3 heterocycles. The van der Waals surface area contributed by atoms with Gasteiger partial charge < -0.3 is 9.88 Å². The summed E-state index contributed by atoms with van der Waals surface area (Å²) in [6.45, 7) is 5.12. The molecule has 0 bridgehead atoms. The maximum absolute atomic E-state index is 12.5. The quantitative estimate of drug-likeness (QED) is 0.757. The molecule has 3 aromatic rings. The summed E-state index contributed by atoms with van der Waals surface area (Å²) in [5.41, 5.74) is 1.58. The fourth-order valence-corrected chi connectivity index (χ4v) is 3.17. The van der Waals surface area contributed by atoms with Crippen molar-refractivity contribution < 1.29 is 4.79 Å². The van der Waals surface area contributed by atoms with E-state index in [9.17, 15) is 4.79 Å².